The van der Waals surface area contributed by atoms with Crippen molar-refractivity contribution in [3.8, 4) is 5.75 Å². The number of ether oxygens (including phenoxy) is 2. The first-order valence-corrected chi connectivity index (χ1v) is 11.4. The quantitative estimate of drug-likeness (QED) is 0.607. The van der Waals surface area contributed by atoms with Crippen LogP contribution in [0.5, 0.6) is 5.75 Å². The van der Waals surface area contributed by atoms with Crippen LogP contribution in [0.1, 0.15) is 32.3 Å². The predicted octanol–water partition coefficient (Wildman–Crippen LogP) is 4.68. The maximum atomic E-state index is 12.7. The number of rotatable bonds is 9. The summed E-state index contributed by atoms with van der Waals surface area (Å²) in [6, 6.07) is 18.5. The van der Waals surface area contributed by atoms with E-state index in [2.05, 4.69) is 29.6 Å². The number of carbonyl (C=O) groups is 1. The third kappa shape index (κ3) is 6.00. The van der Waals surface area contributed by atoms with Gasteiger partial charge in [0.25, 0.3) is 0 Å². The molecule has 1 fully saturated rings. The lowest BCUT2D eigenvalue weighted by Crippen LogP contribution is -2.46. The van der Waals surface area contributed by atoms with E-state index in [1.165, 1.54) is 10.5 Å². The molecule has 1 aliphatic rings. The van der Waals surface area contributed by atoms with Gasteiger partial charge in [-0.2, -0.15) is 0 Å². The molecule has 0 bridgehead atoms. The third-order valence-electron chi connectivity index (χ3n) is 5.52. The van der Waals surface area contributed by atoms with Gasteiger partial charge in [-0.25, -0.2) is 0 Å². The van der Waals surface area contributed by atoms with Crippen LogP contribution in [-0.2, 0) is 14.9 Å². The summed E-state index contributed by atoms with van der Waals surface area (Å²) in [5, 5.41) is 3.23. The molecule has 5 heteroatoms. The summed E-state index contributed by atoms with van der Waals surface area (Å²) in [7, 11) is 0. The first-order valence-electron chi connectivity index (χ1n) is 10.4. The number of amides is 1. The molecule has 1 amide bonds. The van der Waals surface area contributed by atoms with Gasteiger partial charge in [0.1, 0.15) is 5.75 Å². The molecule has 2 aromatic rings. The summed E-state index contributed by atoms with van der Waals surface area (Å²) in [6.07, 6.45) is 1.82. The number of hydrogen-bond donors (Lipinski definition) is 1. The molecule has 1 N–H and O–H groups in total. The molecule has 1 unspecified atom stereocenters. The van der Waals surface area contributed by atoms with Crippen molar-refractivity contribution in [3.05, 3.63) is 60.2 Å². The van der Waals surface area contributed by atoms with Crippen molar-refractivity contribution in [3.63, 3.8) is 0 Å². The Morgan fingerprint density at radius 2 is 1.83 bits per heavy atom. The Hall–Kier alpha value is -1.98. The molecule has 0 aliphatic carbocycles. The van der Waals surface area contributed by atoms with E-state index in [0.29, 0.717) is 13.2 Å². The molecule has 0 radical (unpaired) electrons. The highest BCUT2D eigenvalue weighted by molar-refractivity contribution is 7.99. The minimum Gasteiger partial charge on any atom is -0.494 e. The van der Waals surface area contributed by atoms with Crippen LogP contribution >= 0.6 is 11.8 Å². The second kappa shape index (κ2) is 10.7. The summed E-state index contributed by atoms with van der Waals surface area (Å²) < 4.78 is 11.2. The predicted molar refractivity (Wildman–Crippen MR) is 119 cm³/mol. The summed E-state index contributed by atoms with van der Waals surface area (Å²) in [5.41, 5.74) is 1.17. The van der Waals surface area contributed by atoms with E-state index in [1.807, 2.05) is 44.2 Å². The van der Waals surface area contributed by atoms with Crippen molar-refractivity contribution in [1.29, 1.82) is 0 Å². The first-order chi connectivity index (χ1) is 14.1. The van der Waals surface area contributed by atoms with E-state index in [9.17, 15) is 4.79 Å². The molecule has 2 aromatic carbocycles. The molecule has 1 aliphatic heterocycles. The zero-order valence-electron chi connectivity index (χ0n) is 17.4. The summed E-state index contributed by atoms with van der Waals surface area (Å²) in [4.78, 5) is 13.9. The molecule has 0 saturated carbocycles. The Morgan fingerprint density at radius 1 is 1.14 bits per heavy atom. The van der Waals surface area contributed by atoms with Crippen molar-refractivity contribution >= 4 is 17.7 Å². The van der Waals surface area contributed by atoms with Crippen LogP contribution in [0.3, 0.4) is 0 Å². The second-order valence-corrected chi connectivity index (χ2v) is 8.69. The number of benzene rings is 2. The Labute approximate surface area is 178 Å². The van der Waals surface area contributed by atoms with Crippen LogP contribution in [-0.4, -0.2) is 38.0 Å². The molecular weight excluding hydrogens is 382 g/mol. The van der Waals surface area contributed by atoms with E-state index < -0.39 is 0 Å². The maximum absolute atomic E-state index is 12.7. The average molecular weight is 414 g/mol. The fourth-order valence-corrected chi connectivity index (χ4v) is 4.59. The van der Waals surface area contributed by atoms with E-state index in [-0.39, 0.29) is 17.2 Å². The summed E-state index contributed by atoms with van der Waals surface area (Å²) in [6.45, 7) is 6.74. The molecule has 156 valence electrons. The van der Waals surface area contributed by atoms with Crippen LogP contribution < -0.4 is 10.1 Å². The molecule has 0 spiro atoms. The van der Waals surface area contributed by atoms with Crippen molar-refractivity contribution in [2.75, 3.05) is 32.1 Å². The van der Waals surface area contributed by atoms with Crippen molar-refractivity contribution in [2.45, 2.75) is 37.0 Å². The lowest BCUT2D eigenvalue weighted by molar-refractivity contribution is -0.124. The van der Waals surface area contributed by atoms with Gasteiger partial charge < -0.3 is 14.8 Å². The zero-order valence-corrected chi connectivity index (χ0v) is 18.2. The highest BCUT2D eigenvalue weighted by atomic mass is 32.2. The fourth-order valence-electron chi connectivity index (χ4n) is 3.65. The summed E-state index contributed by atoms with van der Waals surface area (Å²) >= 11 is 1.73. The molecular formula is C24H31NO3S. The van der Waals surface area contributed by atoms with Gasteiger partial charge in [-0.15, -0.1) is 11.8 Å². The normalized spacial score (nSPS) is 16.8. The average Bonchev–Trinajstić information content (AvgIpc) is 2.78. The Bertz CT molecular complexity index is 757. The van der Waals surface area contributed by atoms with Gasteiger partial charge >= 0.3 is 0 Å². The van der Waals surface area contributed by atoms with Crippen LogP contribution in [0, 0.1) is 5.92 Å². The van der Waals surface area contributed by atoms with E-state index in [0.717, 1.165) is 37.6 Å². The van der Waals surface area contributed by atoms with Crippen molar-refractivity contribution in [2.24, 2.45) is 5.92 Å². The first kappa shape index (κ1) is 21.7. The molecule has 1 heterocycles. The topological polar surface area (TPSA) is 47.6 Å². The lowest BCUT2D eigenvalue weighted by Gasteiger charge is -2.38. The Kier molecular flexibility index (Phi) is 8.01. The lowest BCUT2D eigenvalue weighted by atomic mass is 9.74. The number of carbonyl (C=O) groups excluding carboxylic acids is 1. The molecule has 3 rings (SSSR count). The number of hydrogen-bond acceptors (Lipinski definition) is 4. The molecule has 0 aromatic heterocycles. The number of thioether (sulfide) groups is 1. The smallest absolute Gasteiger partial charge is 0.223 e. The Balaban J connectivity index is 1.60. The van der Waals surface area contributed by atoms with E-state index >= 15 is 0 Å². The molecule has 1 atom stereocenters. The van der Waals surface area contributed by atoms with Crippen LogP contribution in [0.15, 0.2) is 59.5 Å². The van der Waals surface area contributed by atoms with Crippen LogP contribution in [0.25, 0.3) is 0 Å². The SMILES string of the molecule is CCOc1ccc(C2(CNC(=O)C(C)CSc3ccccc3)CCOCC2)cc1. The number of nitrogens with one attached hydrogen (secondary N) is 1. The molecule has 1 saturated heterocycles. The van der Waals surface area contributed by atoms with Gasteiger partial charge in [0.05, 0.1) is 6.61 Å². The fraction of sp³-hybridized carbons (Fsp3) is 0.458. The van der Waals surface area contributed by atoms with Crippen LogP contribution in [0.4, 0.5) is 0 Å². The monoisotopic (exact) mass is 413 g/mol. The second-order valence-electron chi connectivity index (χ2n) is 7.59. The maximum Gasteiger partial charge on any atom is 0.223 e. The van der Waals surface area contributed by atoms with Gasteiger partial charge in [0, 0.05) is 41.7 Å². The highest BCUT2D eigenvalue weighted by Crippen LogP contribution is 2.35. The third-order valence-corrected chi connectivity index (χ3v) is 6.79. The minimum absolute atomic E-state index is 0.0440. The summed E-state index contributed by atoms with van der Waals surface area (Å²) in [5.74, 6) is 1.73. The zero-order chi connectivity index (χ0) is 20.5. The minimum atomic E-state index is -0.0784. The van der Waals surface area contributed by atoms with Gasteiger partial charge in [-0.1, -0.05) is 37.3 Å². The molecule has 4 nitrogen and oxygen atoms in total. The van der Waals surface area contributed by atoms with Gasteiger partial charge in [0.2, 0.25) is 5.91 Å². The van der Waals surface area contributed by atoms with Gasteiger partial charge in [-0.05, 0) is 49.6 Å². The standard InChI is InChI=1S/C24H31NO3S/c1-3-28-21-11-9-20(10-12-21)24(13-15-27-16-14-24)18-25-23(26)19(2)17-29-22-7-5-4-6-8-22/h4-12,19H,3,13-18H2,1-2H3,(H,25,26). The van der Waals surface area contributed by atoms with Crippen LogP contribution in [0.2, 0.25) is 0 Å². The van der Waals surface area contributed by atoms with E-state index in [4.69, 9.17) is 9.47 Å². The van der Waals surface area contributed by atoms with Crippen molar-refractivity contribution in [1.82, 2.24) is 5.32 Å². The molecule has 29 heavy (non-hydrogen) atoms. The van der Waals surface area contributed by atoms with E-state index in [1.54, 1.807) is 11.8 Å². The largest absolute Gasteiger partial charge is 0.494 e. The van der Waals surface area contributed by atoms with Crippen molar-refractivity contribution < 1.29 is 14.3 Å². The van der Waals surface area contributed by atoms with Gasteiger partial charge in [-0.3, -0.25) is 4.79 Å². The van der Waals surface area contributed by atoms with Gasteiger partial charge in [0.15, 0.2) is 0 Å². The highest BCUT2D eigenvalue weighted by Gasteiger charge is 2.35. The Morgan fingerprint density at radius 3 is 2.48 bits per heavy atom.